The topological polar surface area (TPSA) is 64.4 Å². The van der Waals surface area contributed by atoms with Gasteiger partial charge in [-0.15, -0.1) is 0 Å². The lowest BCUT2D eigenvalue weighted by atomic mass is 10.1. The molecule has 1 saturated carbocycles. The van der Waals surface area contributed by atoms with Gasteiger partial charge in [0.15, 0.2) is 0 Å². The van der Waals surface area contributed by atoms with E-state index in [-0.39, 0.29) is 0 Å². The van der Waals surface area contributed by atoms with Gasteiger partial charge in [-0.25, -0.2) is 14.3 Å². The molecule has 1 aromatic heterocycles. The van der Waals surface area contributed by atoms with Crippen molar-refractivity contribution < 1.29 is 14.6 Å². The molecule has 1 heterocycles. The van der Waals surface area contributed by atoms with Gasteiger partial charge in [0.2, 0.25) is 0 Å². The number of carbonyl (C=O) groups excluding carboxylic acids is 1. The smallest absolute Gasteiger partial charge is 0.419 e. The van der Waals surface area contributed by atoms with Crippen LogP contribution in [0.3, 0.4) is 0 Å². The van der Waals surface area contributed by atoms with Crippen LogP contribution < -0.4 is 0 Å². The van der Waals surface area contributed by atoms with Gasteiger partial charge in [0.25, 0.3) is 0 Å². The highest BCUT2D eigenvalue weighted by Crippen LogP contribution is 2.38. The fourth-order valence-electron chi connectivity index (χ4n) is 1.66. The number of rotatable bonds is 3. The summed E-state index contributed by atoms with van der Waals surface area (Å²) in [6, 6.07) is 0. The predicted molar refractivity (Wildman–Crippen MR) is 66.4 cm³/mol. The third kappa shape index (κ3) is 3.57. The van der Waals surface area contributed by atoms with Crippen molar-refractivity contribution in [2.75, 3.05) is 0 Å². The summed E-state index contributed by atoms with van der Waals surface area (Å²) in [5.74, 6) is 0. The molecular weight excluding hydrogens is 232 g/mol. The van der Waals surface area contributed by atoms with Crippen LogP contribution >= 0.6 is 0 Å². The number of imidazole rings is 1. The molecule has 18 heavy (non-hydrogen) atoms. The van der Waals surface area contributed by atoms with Crippen LogP contribution in [0.15, 0.2) is 12.5 Å². The van der Waals surface area contributed by atoms with Gasteiger partial charge in [-0.1, -0.05) is 0 Å². The standard InChI is InChI=1S/C13H20N2O3/c1-12(2,3)18-11(16)15-8-10(14-9-15)4-5-13(17)6-7-13/h8-9,17H,4-7H2,1-3H3. The largest absolute Gasteiger partial charge is 0.443 e. The lowest BCUT2D eigenvalue weighted by molar-refractivity contribution is 0.0536. The first-order valence-electron chi connectivity index (χ1n) is 6.26. The van der Waals surface area contributed by atoms with E-state index in [1.807, 2.05) is 20.8 Å². The molecule has 1 fully saturated rings. The number of aryl methyl sites for hydroxylation is 1. The Kier molecular flexibility index (Phi) is 3.19. The molecule has 0 bridgehead atoms. The van der Waals surface area contributed by atoms with Gasteiger partial charge in [0.1, 0.15) is 11.9 Å². The van der Waals surface area contributed by atoms with Crippen LogP contribution in [0.5, 0.6) is 0 Å². The van der Waals surface area contributed by atoms with E-state index in [2.05, 4.69) is 4.98 Å². The van der Waals surface area contributed by atoms with Crippen molar-refractivity contribution in [3.05, 3.63) is 18.2 Å². The fraction of sp³-hybridized carbons (Fsp3) is 0.692. The maximum Gasteiger partial charge on any atom is 0.419 e. The Morgan fingerprint density at radius 1 is 1.56 bits per heavy atom. The van der Waals surface area contributed by atoms with E-state index in [9.17, 15) is 9.90 Å². The number of hydrogen-bond donors (Lipinski definition) is 1. The van der Waals surface area contributed by atoms with Crippen LogP contribution in [0, 0.1) is 0 Å². The SMILES string of the molecule is CC(C)(C)OC(=O)n1cnc(CCC2(O)CC2)c1. The monoisotopic (exact) mass is 252 g/mol. The molecule has 0 spiro atoms. The Labute approximate surface area is 107 Å². The molecule has 0 radical (unpaired) electrons. The number of nitrogens with zero attached hydrogens (tertiary/aromatic N) is 2. The minimum atomic E-state index is -0.509. The number of carbonyl (C=O) groups is 1. The maximum atomic E-state index is 11.7. The highest BCUT2D eigenvalue weighted by atomic mass is 16.6. The lowest BCUT2D eigenvalue weighted by Gasteiger charge is -2.19. The maximum absolute atomic E-state index is 11.7. The van der Waals surface area contributed by atoms with E-state index >= 15 is 0 Å². The highest BCUT2D eigenvalue weighted by molar-refractivity contribution is 5.70. The van der Waals surface area contributed by atoms with E-state index in [4.69, 9.17) is 4.74 Å². The van der Waals surface area contributed by atoms with Crippen LogP contribution in [-0.4, -0.2) is 32.0 Å². The molecule has 1 N–H and O–H groups in total. The summed E-state index contributed by atoms with van der Waals surface area (Å²) in [5, 5.41) is 9.73. The number of aliphatic hydroxyl groups is 1. The van der Waals surface area contributed by atoms with Crippen LogP contribution in [0.25, 0.3) is 0 Å². The summed E-state index contributed by atoms with van der Waals surface area (Å²) < 4.78 is 6.57. The molecule has 0 saturated heterocycles. The fourth-order valence-corrected chi connectivity index (χ4v) is 1.66. The molecule has 0 amide bonds. The molecular formula is C13H20N2O3. The molecule has 1 aliphatic carbocycles. The van der Waals surface area contributed by atoms with Crippen molar-refractivity contribution in [3.63, 3.8) is 0 Å². The molecule has 5 nitrogen and oxygen atoms in total. The minimum Gasteiger partial charge on any atom is -0.443 e. The molecule has 1 aromatic rings. The third-order valence-corrected chi connectivity index (χ3v) is 2.91. The second-order valence-electron chi connectivity index (χ2n) is 5.98. The van der Waals surface area contributed by atoms with Crippen molar-refractivity contribution in [2.45, 2.75) is 57.7 Å². The minimum absolute atomic E-state index is 0.425. The zero-order chi connectivity index (χ0) is 13.4. The van der Waals surface area contributed by atoms with Crippen LogP contribution in [0.1, 0.15) is 45.7 Å². The van der Waals surface area contributed by atoms with Crippen LogP contribution in [0.2, 0.25) is 0 Å². The Balaban J connectivity index is 1.91. The Hall–Kier alpha value is -1.36. The third-order valence-electron chi connectivity index (χ3n) is 2.91. The summed E-state index contributed by atoms with van der Waals surface area (Å²) in [7, 11) is 0. The average molecular weight is 252 g/mol. The van der Waals surface area contributed by atoms with Crippen molar-refractivity contribution in [1.29, 1.82) is 0 Å². The van der Waals surface area contributed by atoms with Gasteiger partial charge in [0, 0.05) is 6.20 Å². The van der Waals surface area contributed by atoms with Gasteiger partial charge in [0.05, 0.1) is 11.3 Å². The zero-order valence-corrected chi connectivity index (χ0v) is 11.1. The number of aromatic nitrogens is 2. The van der Waals surface area contributed by atoms with E-state index in [1.165, 1.54) is 10.9 Å². The van der Waals surface area contributed by atoms with E-state index in [0.29, 0.717) is 12.8 Å². The second-order valence-corrected chi connectivity index (χ2v) is 5.98. The Morgan fingerprint density at radius 2 is 2.22 bits per heavy atom. The Bertz CT molecular complexity index is 441. The van der Waals surface area contributed by atoms with E-state index < -0.39 is 17.3 Å². The number of ether oxygens (including phenoxy) is 1. The van der Waals surface area contributed by atoms with Crippen molar-refractivity contribution in [2.24, 2.45) is 0 Å². The zero-order valence-electron chi connectivity index (χ0n) is 11.1. The normalized spacial score (nSPS) is 17.6. The molecule has 0 unspecified atom stereocenters. The summed E-state index contributed by atoms with van der Waals surface area (Å²) in [6.07, 6.45) is 5.84. The molecule has 0 atom stereocenters. The molecule has 5 heteroatoms. The lowest BCUT2D eigenvalue weighted by Crippen LogP contribution is -2.26. The van der Waals surface area contributed by atoms with Crippen molar-refractivity contribution in [3.8, 4) is 0 Å². The Morgan fingerprint density at radius 3 is 2.78 bits per heavy atom. The molecule has 2 rings (SSSR count). The summed E-state index contributed by atoms with van der Waals surface area (Å²) >= 11 is 0. The van der Waals surface area contributed by atoms with E-state index in [1.54, 1.807) is 6.20 Å². The van der Waals surface area contributed by atoms with Gasteiger partial charge < -0.3 is 9.84 Å². The predicted octanol–water partition coefficient (Wildman–Crippen LogP) is 2.12. The van der Waals surface area contributed by atoms with Crippen LogP contribution in [-0.2, 0) is 11.2 Å². The summed E-state index contributed by atoms with van der Waals surface area (Å²) in [4.78, 5) is 15.9. The molecule has 0 aromatic carbocycles. The van der Waals surface area contributed by atoms with Gasteiger partial charge in [-0.05, 0) is 46.5 Å². The first-order chi connectivity index (χ1) is 8.27. The average Bonchev–Trinajstić information content (AvgIpc) is 2.79. The summed E-state index contributed by atoms with van der Waals surface area (Å²) in [5.41, 5.74) is -0.179. The number of hydrogen-bond acceptors (Lipinski definition) is 4. The quantitative estimate of drug-likeness (QED) is 0.895. The molecule has 100 valence electrons. The molecule has 1 aliphatic rings. The summed E-state index contributed by atoms with van der Waals surface area (Å²) in [6.45, 7) is 5.47. The van der Waals surface area contributed by atoms with Crippen LogP contribution in [0.4, 0.5) is 4.79 Å². The van der Waals surface area contributed by atoms with Crippen molar-refractivity contribution >= 4 is 6.09 Å². The second kappa shape index (κ2) is 4.39. The van der Waals surface area contributed by atoms with Gasteiger partial charge in [-0.3, -0.25) is 0 Å². The van der Waals surface area contributed by atoms with E-state index in [0.717, 1.165) is 18.5 Å². The first-order valence-corrected chi connectivity index (χ1v) is 6.26. The van der Waals surface area contributed by atoms with Gasteiger partial charge >= 0.3 is 6.09 Å². The highest BCUT2D eigenvalue weighted by Gasteiger charge is 2.39. The van der Waals surface area contributed by atoms with Crippen molar-refractivity contribution in [1.82, 2.24) is 9.55 Å². The first kappa shape index (κ1) is 13.1. The molecule has 0 aliphatic heterocycles. The van der Waals surface area contributed by atoms with Gasteiger partial charge in [-0.2, -0.15) is 0 Å².